The SMILES string of the molecule is CC(C)c1cc(C(=O)N2CCCCC2c2ccc(F)cc2)nc(N)n1. The third kappa shape index (κ3) is 3.78. The molecule has 5 nitrogen and oxygen atoms in total. The van der Waals surface area contributed by atoms with E-state index in [1.807, 2.05) is 18.7 Å². The van der Waals surface area contributed by atoms with E-state index in [-0.39, 0.29) is 29.6 Å². The molecule has 6 heteroatoms. The fourth-order valence-corrected chi connectivity index (χ4v) is 3.24. The molecule has 1 aliphatic heterocycles. The third-order valence-electron chi connectivity index (χ3n) is 4.59. The van der Waals surface area contributed by atoms with E-state index < -0.39 is 0 Å². The molecular formula is C19H23FN4O. The van der Waals surface area contributed by atoms with Gasteiger partial charge in [0.05, 0.1) is 6.04 Å². The van der Waals surface area contributed by atoms with Crippen molar-refractivity contribution < 1.29 is 9.18 Å². The van der Waals surface area contributed by atoms with E-state index in [1.165, 1.54) is 12.1 Å². The number of halogens is 1. The molecule has 0 saturated carbocycles. The smallest absolute Gasteiger partial charge is 0.273 e. The minimum Gasteiger partial charge on any atom is -0.368 e. The number of nitrogens with zero attached hydrogens (tertiary/aromatic N) is 3. The van der Waals surface area contributed by atoms with Crippen molar-refractivity contribution in [3.8, 4) is 0 Å². The van der Waals surface area contributed by atoms with Crippen LogP contribution < -0.4 is 5.73 Å². The minimum atomic E-state index is -0.275. The van der Waals surface area contributed by atoms with Crippen LogP contribution in [-0.4, -0.2) is 27.3 Å². The summed E-state index contributed by atoms with van der Waals surface area (Å²) < 4.78 is 13.2. The summed E-state index contributed by atoms with van der Waals surface area (Å²) in [5.74, 6) is -0.149. The summed E-state index contributed by atoms with van der Waals surface area (Å²) >= 11 is 0. The zero-order chi connectivity index (χ0) is 18.0. The summed E-state index contributed by atoms with van der Waals surface area (Å²) in [6.07, 6.45) is 2.84. The lowest BCUT2D eigenvalue weighted by atomic mass is 9.94. The Labute approximate surface area is 147 Å². The van der Waals surface area contributed by atoms with Crippen LogP contribution >= 0.6 is 0 Å². The molecule has 1 unspecified atom stereocenters. The number of benzene rings is 1. The molecule has 1 aliphatic rings. The van der Waals surface area contributed by atoms with E-state index in [4.69, 9.17) is 5.73 Å². The summed E-state index contributed by atoms with van der Waals surface area (Å²) in [6, 6.07) is 8.03. The zero-order valence-electron chi connectivity index (χ0n) is 14.6. The van der Waals surface area contributed by atoms with Gasteiger partial charge < -0.3 is 10.6 Å². The van der Waals surface area contributed by atoms with Gasteiger partial charge in [0.25, 0.3) is 5.91 Å². The Bertz CT molecular complexity index is 761. The molecular weight excluding hydrogens is 319 g/mol. The molecule has 2 heterocycles. The molecule has 1 atom stereocenters. The van der Waals surface area contributed by atoms with Crippen molar-refractivity contribution in [3.63, 3.8) is 0 Å². The number of nitrogen functional groups attached to an aromatic ring is 1. The first-order valence-electron chi connectivity index (χ1n) is 8.66. The maximum absolute atomic E-state index is 13.2. The Morgan fingerprint density at radius 2 is 1.96 bits per heavy atom. The lowest BCUT2D eigenvalue weighted by Gasteiger charge is -2.36. The molecule has 0 aliphatic carbocycles. The Kier molecular flexibility index (Phi) is 4.97. The highest BCUT2D eigenvalue weighted by atomic mass is 19.1. The monoisotopic (exact) mass is 342 g/mol. The average molecular weight is 342 g/mol. The Balaban J connectivity index is 1.92. The number of likely N-dealkylation sites (tertiary alicyclic amines) is 1. The predicted molar refractivity (Wildman–Crippen MR) is 94.6 cm³/mol. The Morgan fingerprint density at radius 3 is 2.64 bits per heavy atom. The number of piperidine rings is 1. The van der Waals surface area contributed by atoms with E-state index in [2.05, 4.69) is 9.97 Å². The van der Waals surface area contributed by atoms with E-state index >= 15 is 0 Å². The maximum atomic E-state index is 13.2. The zero-order valence-corrected chi connectivity index (χ0v) is 14.6. The highest BCUT2D eigenvalue weighted by Crippen LogP contribution is 2.32. The summed E-state index contributed by atoms with van der Waals surface area (Å²) in [5, 5.41) is 0. The number of carbonyl (C=O) groups is 1. The van der Waals surface area contributed by atoms with Crippen LogP contribution in [0.2, 0.25) is 0 Å². The van der Waals surface area contributed by atoms with Gasteiger partial charge in [-0.15, -0.1) is 0 Å². The largest absolute Gasteiger partial charge is 0.368 e. The molecule has 0 bridgehead atoms. The van der Waals surface area contributed by atoms with E-state index in [0.717, 1.165) is 30.5 Å². The predicted octanol–water partition coefficient (Wildman–Crippen LogP) is 3.69. The fraction of sp³-hybridized carbons (Fsp3) is 0.421. The van der Waals surface area contributed by atoms with Crippen molar-refractivity contribution in [1.82, 2.24) is 14.9 Å². The van der Waals surface area contributed by atoms with Gasteiger partial charge in [0.15, 0.2) is 0 Å². The molecule has 0 radical (unpaired) electrons. The second kappa shape index (κ2) is 7.17. The van der Waals surface area contributed by atoms with Gasteiger partial charge in [-0.1, -0.05) is 26.0 Å². The molecule has 1 fully saturated rings. The van der Waals surface area contributed by atoms with Gasteiger partial charge in [-0.3, -0.25) is 4.79 Å². The van der Waals surface area contributed by atoms with Crippen molar-refractivity contribution in [2.75, 3.05) is 12.3 Å². The molecule has 2 aromatic rings. The number of hydrogen-bond acceptors (Lipinski definition) is 4. The van der Waals surface area contributed by atoms with Gasteiger partial charge in [-0.25, -0.2) is 14.4 Å². The topological polar surface area (TPSA) is 72.1 Å². The molecule has 132 valence electrons. The summed E-state index contributed by atoms with van der Waals surface area (Å²) in [7, 11) is 0. The standard InChI is InChI=1S/C19H23FN4O/c1-12(2)15-11-16(23-19(21)22-15)18(25)24-10-4-3-5-17(24)13-6-8-14(20)9-7-13/h6-9,11-12,17H,3-5,10H2,1-2H3,(H2,21,22,23). The Hall–Kier alpha value is -2.50. The van der Waals surface area contributed by atoms with Crippen LogP contribution in [0.15, 0.2) is 30.3 Å². The van der Waals surface area contributed by atoms with Crippen LogP contribution in [0, 0.1) is 5.82 Å². The number of carbonyl (C=O) groups excluding carboxylic acids is 1. The maximum Gasteiger partial charge on any atom is 0.273 e. The molecule has 0 spiro atoms. The lowest BCUT2D eigenvalue weighted by molar-refractivity contribution is 0.0605. The van der Waals surface area contributed by atoms with Crippen LogP contribution in [0.1, 0.15) is 66.8 Å². The van der Waals surface area contributed by atoms with E-state index in [9.17, 15) is 9.18 Å². The van der Waals surface area contributed by atoms with Crippen LogP contribution in [0.4, 0.5) is 10.3 Å². The van der Waals surface area contributed by atoms with Crippen LogP contribution in [0.5, 0.6) is 0 Å². The first-order chi connectivity index (χ1) is 12.0. The van der Waals surface area contributed by atoms with Crippen LogP contribution in [-0.2, 0) is 0 Å². The van der Waals surface area contributed by atoms with Crippen molar-refractivity contribution in [2.45, 2.75) is 45.1 Å². The highest BCUT2D eigenvalue weighted by Gasteiger charge is 2.30. The fourth-order valence-electron chi connectivity index (χ4n) is 3.24. The van der Waals surface area contributed by atoms with Crippen molar-refractivity contribution in [3.05, 3.63) is 53.1 Å². The first-order valence-corrected chi connectivity index (χ1v) is 8.66. The Morgan fingerprint density at radius 1 is 1.24 bits per heavy atom. The number of amides is 1. The number of anilines is 1. The molecule has 3 rings (SSSR count). The van der Waals surface area contributed by atoms with Gasteiger partial charge >= 0.3 is 0 Å². The molecule has 1 amide bonds. The quantitative estimate of drug-likeness (QED) is 0.923. The van der Waals surface area contributed by atoms with Gasteiger partial charge in [0.1, 0.15) is 11.5 Å². The first kappa shape index (κ1) is 17.3. The minimum absolute atomic E-state index is 0.0689. The molecule has 25 heavy (non-hydrogen) atoms. The van der Waals surface area contributed by atoms with Gasteiger partial charge in [0.2, 0.25) is 5.95 Å². The highest BCUT2D eigenvalue weighted by molar-refractivity contribution is 5.93. The van der Waals surface area contributed by atoms with E-state index in [0.29, 0.717) is 12.2 Å². The van der Waals surface area contributed by atoms with Crippen LogP contribution in [0.3, 0.4) is 0 Å². The third-order valence-corrected chi connectivity index (χ3v) is 4.59. The summed E-state index contributed by atoms with van der Waals surface area (Å²) in [6.45, 7) is 4.65. The molecule has 1 aromatic heterocycles. The molecule has 2 N–H and O–H groups in total. The average Bonchev–Trinajstić information content (AvgIpc) is 2.61. The number of nitrogens with two attached hydrogens (primary N) is 1. The normalized spacial score (nSPS) is 17.8. The number of aromatic nitrogens is 2. The van der Waals surface area contributed by atoms with Crippen LogP contribution in [0.25, 0.3) is 0 Å². The van der Waals surface area contributed by atoms with Crippen molar-refractivity contribution >= 4 is 11.9 Å². The molecule has 1 aromatic carbocycles. The molecule has 1 saturated heterocycles. The number of rotatable bonds is 3. The second-order valence-electron chi connectivity index (χ2n) is 6.75. The summed E-state index contributed by atoms with van der Waals surface area (Å²) in [5.41, 5.74) is 7.82. The van der Waals surface area contributed by atoms with Gasteiger partial charge in [-0.2, -0.15) is 0 Å². The second-order valence-corrected chi connectivity index (χ2v) is 6.75. The van der Waals surface area contributed by atoms with Crippen molar-refractivity contribution in [2.24, 2.45) is 0 Å². The van der Waals surface area contributed by atoms with Gasteiger partial charge in [0, 0.05) is 12.2 Å². The lowest BCUT2D eigenvalue weighted by Crippen LogP contribution is -2.39. The summed E-state index contributed by atoms with van der Waals surface area (Å²) in [4.78, 5) is 23.3. The number of hydrogen-bond donors (Lipinski definition) is 1. The van der Waals surface area contributed by atoms with Crippen molar-refractivity contribution in [1.29, 1.82) is 0 Å². The van der Waals surface area contributed by atoms with Gasteiger partial charge in [-0.05, 0) is 48.9 Å². The van der Waals surface area contributed by atoms with E-state index in [1.54, 1.807) is 18.2 Å².